The predicted octanol–water partition coefficient (Wildman–Crippen LogP) is 5.29. The molecule has 5 nitrogen and oxygen atoms in total. The van der Waals surface area contributed by atoms with Gasteiger partial charge in [-0.3, -0.25) is 19.5 Å². The van der Waals surface area contributed by atoms with Crippen LogP contribution in [-0.4, -0.2) is 22.8 Å². The molecule has 4 rings (SSSR count). The van der Waals surface area contributed by atoms with Gasteiger partial charge < -0.3 is 5.32 Å². The maximum absolute atomic E-state index is 13.7. The molecular formula is C25H27N3O2S. The molecule has 1 aliphatic rings. The second kappa shape index (κ2) is 9.88. The van der Waals surface area contributed by atoms with Gasteiger partial charge in [0.25, 0.3) is 5.91 Å². The number of thiophene rings is 1. The maximum Gasteiger partial charge on any atom is 0.277 e. The average molecular weight is 434 g/mol. The van der Waals surface area contributed by atoms with Gasteiger partial charge in [-0.05, 0) is 61.0 Å². The zero-order chi connectivity index (χ0) is 21.6. The van der Waals surface area contributed by atoms with Crippen molar-refractivity contribution in [3.05, 3.63) is 82.3 Å². The van der Waals surface area contributed by atoms with Gasteiger partial charge in [-0.25, -0.2) is 0 Å². The summed E-state index contributed by atoms with van der Waals surface area (Å²) in [4.78, 5) is 34.0. The van der Waals surface area contributed by atoms with Crippen LogP contribution in [0.15, 0.2) is 66.2 Å². The molecule has 0 radical (unpaired) electrons. The maximum atomic E-state index is 13.7. The Morgan fingerprint density at radius 3 is 2.58 bits per heavy atom. The molecule has 2 aromatic heterocycles. The Morgan fingerprint density at radius 1 is 1.06 bits per heavy atom. The molecular weight excluding hydrogens is 406 g/mol. The van der Waals surface area contributed by atoms with E-state index < -0.39 is 6.04 Å². The van der Waals surface area contributed by atoms with Gasteiger partial charge in [0, 0.05) is 22.8 Å². The molecule has 160 valence electrons. The van der Waals surface area contributed by atoms with Gasteiger partial charge in [-0.15, -0.1) is 11.3 Å². The first kappa shape index (κ1) is 21.2. The molecule has 2 amide bonds. The fourth-order valence-corrected chi connectivity index (χ4v) is 4.93. The Kier molecular flexibility index (Phi) is 6.77. The highest BCUT2D eigenvalue weighted by atomic mass is 32.1. The van der Waals surface area contributed by atoms with E-state index >= 15 is 0 Å². The lowest BCUT2D eigenvalue weighted by molar-refractivity contribution is -0.123. The smallest absolute Gasteiger partial charge is 0.277 e. The molecule has 1 saturated carbocycles. The standard InChI is InChI=1S/C25H27N3O2S/c1-18-9-7-12-20(17-18)28(25(30)21-13-5-6-15-26-21)23(22-14-8-16-31-22)24(29)27-19-10-3-2-4-11-19/h5-9,12-17,19,23H,2-4,10-11H2,1H3,(H,27,29). The van der Waals surface area contributed by atoms with Crippen LogP contribution in [0.5, 0.6) is 0 Å². The van der Waals surface area contributed by atoms with Gasteiger partial charge in [0.05, 0.1) is 0 Å². The molecule has 1 atom stereocenters. The second-order valence-corrected chi connectivity index (χ2v) is 8.97. The number of hydrogen-bond donors (Lipinski definition) is 1. The third-order valence-corrected chi connectivity index (χ3v) is 6.58. The SMILES string of the molecule is Cc1cccc(N(C(=O)c2ccccn2)C(C(=O)NC2CCCCC2)c2cccs2)c1. The molecule has 6 heteroatoms. The molecule has 0 saturated heterocycles. The third kappa shape index (κ3) is 5.02. The number of aromatic nitrogens is 1. The normalized spacial score (nSPS) is 15.3. The highest BCUT2D eigenvalue weighted by molar-refractivity contribution is 7.10. The van der Waals surface area contributed by atoms with Gasteiger partial charge in [0.2, 0.25) is 5.91 Å². The number of nitrogens with zero attached hydrogens (tertiary/aromatic N) is 2. The number of pyridine rings is 1. The minimum Gasteiger partial charge on any atom is -0.351 e. The molecule has 3 aromatic rings. The zero-order valence-electron chi connectivity index (χ0n) is 17.7. The number of hydrogen-bond acceptors (Lipinski definition) is 4. The van der Waals surface area contributed by atoms with Crippen molar-refractivity contribution in [3.8, 4) is 0 Å². The third-order valence-electron chi connectivity index (χ3n) is 5.65. The first-order valence-electron chi connectivity index (χ1n) is 10.8. The van der Waals surface area contributed by atoms with Crippen molar-refractivity contribution in [2.75, 3.05) is 4.90 Å². The van der Waals surface area contributed by atoms with Crippen molar-refractivity contribution in [2.45, 2.75) is 51.1 Å². The first-order valence-corrected chi connectivity index (χ1v) is 11.7. The van der Waals surface area contributed by atoms with Crippen LogP contribution in [0.2, 0.25) is 0 Å². The lowest BCUT2D eigenvalue weighted by Gasteiger charge is -2.32. The number of carbonyl (C=O) groups excluding carboxylic acids is 2. The van der Waals surface area contributed by atoms with Gasteiger partial charge in [0.15, 0.2) is 6.04 Å². The fourth-order valence-electron chi connectivity index (χ4n) is 4.12. The summed E-state index contributed by atoms with van der Waals surface area (Å²) in [6.45, 7) is 1.98. The average Bonchev–Trinajstić information content (AvgIpc) is 3.32. The van der Waals surface area contributed by atoms with Crippen molar-refractivity contribution in [3.63, 3.8) is 0 Å². The van der Waals surface area contributed by atoms with Gasteiger partial charge >= 0.3 is 0 Å². The Bertz CT molecular complexity index is 1010. The van der Waals surface area contributed by atoms with E-state index in [1.54, 1.807) is 29.3 Å². The molecule has 1 fully saturated rings. The van der Waals surface area contributed by atoms with Crippen molar-refractivity contribution in [1.29, 1.82) is 0 Å². The summed E-state index contributed by atoms with van der Waals surface area (Å²) in [7, 11) is 0. The number of nitrogens with one attached hydrogen (secondary N) is 1. The first-order chi connectivity index (χ1) is 15.1. The Morgan fingerprint density at radius 2 is 1.90 bits per heavy atom. The van der Waals surface area contributed by atoms with Crippen molar-refractivity contribution in [1.82, 2.24) is 10.3 Å². The van der Waals surface area contributed by atoms with E-state index in [4.69, 9.17) is 0 Å². The van der Waals surface area contributed by atoms with E-state index in [0.717, 1.165) is 36.1 Å². The summed E-state index contributed by atoms with van der Waals surface area (Å²) >= 11 is 1.49. The molecule has 1 aliphatic carbocycles. The largest absolute Gasteiger partial charge is 0.351 e. The van der Waals surface area contributed by atoms with Gasteiger partial charge in [0.1, 0.15) is 5.69 Å². The second-order valence-electron chi connectivity index (χ2n) is 7.99. The minimum atomic E-state index is -0.752. The Labute approximate surface area is 187 Å². The summed E-state index contributed by atoms with van der Waals surface area (Å²) in [5, 5.41) is 5.17. The van der Waals surface area contributed by atoms with Crippen LogP contribution in [-0.2, 0) is 4.79 Å². The number of amides is 2. The quantitative estimate of drug-likeness (QED) is 0.575. The molecule has 0 spiro atoms. The summed E-state index contributed by atoms with van der Waals surface area (Å²) in [5.74, 6) is -0.427. The molecule has 2 heterocycles. The predicted molar refractivity (Wildman–Crippen MR) is 124 cm³/mol. The van der Waals surface area contributed by atoms with Crippen LogP contribution < -0.4 is 10.2 Å². The monoisotopic (exact) mass is 433 g/mol. The Balaban J connectivity index is 1.76. The Hall–Kier alpha value is -2.99. The van der Waals surface area contributed by atoms with Crippen LogP contribution in [0.1, 0.15) is 59.1 Å². The van der Waals surface area contributed by atoms with E-state index in [9.17, 15) is 9.59 Å². The number of aryl methyl sites for hydroxylation is 1. The molecule has 31 heavy (non-hydrogen) atoms. The lowest BCUT2D eigenvalue weighted by atomic mass is 9.95. The van der Waals surface area contributed by atoms with E-state index in [1.807, 2.05) is 48.7 Å². The molecule has 0 bridgehead atoms. The summed E-state index contributed by atoms with van der Waals surface area (Å²) in [6, 6.07) is 16.2. The van der Waals surface area contributed by atoms with Crippen LogP contribution in [0.3, 0.4) is 0 Å². The summed E-state index contributed by atoms with van der Waals surface area (Å²) < 4.78 is 0. The van der Waals surface area contributed by atoms with Crippen molar-refractivity contribution in [2.24, 2.45) is 0 Å². The molecule has 1 N–H and O–H groups in total. The number of anilines is 1. The minimum absolute atomic E-state index is 0.139. The number of benzene rings is 1. The zero-order valence-corrected chi connectivity index (χ0v) is 18.5. The topological polar surface area (TPSA) is 62.3 Å². The molecule has 0 aliphatic heterocycles. The van der Waals surface area contributed by atoms with E-state index in [2.05, 4.69) is 10.3 Å². The van der Waals surface area contributed by atoms with Crippen LogP contribution in [0.25, 0.3) is 0 Å². The van der Waals surface area contributed by atoms with Crippen LogP contribution >= 0.6 is 11.3 Å². The summed E-state index contributed by atoms with van der Waals surface area (Å²) in [6.07, 6.45) is 7.05. The van der Waals surface area contributed by atoms with Gasteiger partial charge in [-0.1, -0.05) is 43.5 Å². The van der Waals surface area contributed by atoms with Crippen molar-refractivity contribution >= 4 is 28.8 Å². The summed E-state index contributed by atoms with van der Waals surface area (Å²) in [5.41, 5.74) is 2.03. The number of rotatable bonds is 6. The highest BCUT2D eigenvalue weighted by Crippen LogP contribution is 2.33. The molecule has 1 aromatic carbocycles. The number of carbonyl (C=O) groups is 2. The fraction of sp³-hybridized carbons (Fsp3) is 0.320. The highest BCUT2D eigenvalue weighted by Gasteiger charge is 2.35. The van der Waals surface area contributed by atoms with Gasteiger partial charge in [-0.2, -0.15) is 0 Å². The lowest BCUT2D eigenvalue weighted by Crippen LogP contribution is -2.47. The van der Waals surface area contributed by atoms with Crippen LogP contribution in [0.4, 0.5) is 5.69 Å². The van der Waals surface area contributed by atoms with Crippen LogP contribution in [0, 0.1) is 6.92 Å². The van der Waals surface area contributed by atoms with Crippen molar-refractivity contribution < 1.29 is 9.59 Å². The van der Waals surface area contributed by atoms with E-state index in [0.29, 0.717) is 11.4 Å². The van der Waals surface area contributed by atoms with E-state index in [-0.39, 0.29) is 17.9 Å². The molecule has 1 unspecified atom stereocenters. The van der Waals surface area contributed by atoms with E-state index in [1.165, 1.54) is 17.8 Å².